The number of aliphatic hydroxyl groups is 2. The van der Waals surface area contributed by atoms with E-state index in [0.29, 0.717) is 39.4 Å². The normalized spacial score (nSPS) is 56.2. The third kappa shape index (κ3) is 2.78. The van der Waals surface area contributed by atoms with Gasteiger partial charge in [-0.3, -0.25) is 0 Å². The quantitative estimate of drug-likeness (QED) is 0.391. The fraction of sp³-hybridized carbons (Fsp3) is 0.933. The molecule has 4 saturated carbocycles. The molecule has 0 aromatic rings. The van der Waals surface area contributed by atoms with E-state index in [2.05, 4.69) is 61.5 Å². The third-order valence-corrected chi connectivity index (χ3v) is 12.9. The van der Waals surface area contributed by atoms with Gasteiger partial charge < -0.3 is 10.2 Å². The molecule has 0 aromatic heterocycles. The average Bonchev–Trinajstić information content (AvgIpc) is 2.68. The molecule has 0 aliphatic heterocycles. The van der Waals surface area contributed by atoms with E-state index < -0.39 is 12.2 Å². The molecule has 0 unspecified atom stereocenters. The van der Waals surface area contributed by atoms with E-state index in [9.17, 15) is 10.2 Å². The van der Waals surface area contributed by atoms with Crippen LogP contribution >= 0.6 is 0 Å². The van der Waals surface area contributed by atoms with Crippen LogP contribution in [0.4, 0.5) is 0 Å². The maximum Gasteiger partial charge on any atom is 0.0852 e. The van der Waals surface area contributed by atoms with Gasteiger partial charge in [0.05, 0.1) is 12.2 Å². The molecule has 5 aliphatic rings. The highest BCUT2D eigenvalue weighted by atomic mass is 16.3. The van der Waals surface area contributed by atoms with Crippen LogP contribution in [-0.2, 0) is 0 Å². The monoisotopic (exact) mass is 442 g/mol. The Morgan fingerprint density at radius 2 is 1.38 bits per heavy atom. The Kier molecular flexibility index (Phi) is 4.87. The molecule has 0 saturated heterocycles. The van der Waals surface area contributed by atoms with Crippen molar-refractivity contribution < 1.29 is 10.2 Å². The highest BCUT2D eigenvalue weighted by molar-refractivity contribution is 5.31. The molecule has 2 nitrogen and oxygen atoms in total. The van der Waals surface area contributed by atoms with Gasteiger partial charge in [0.2, 0.25) is 0 Å². The van der Waals surface area contributed by atoms with Gasteiger partial charge in [-0.1, -0.05) is 67.0 Å². The van der Waals surface area contributed by atoms with Crippen LogP contribution in [0.1, 0.15) is 113 Å². The van der Waals surface area contributed by atoms with Crippen molar-refractivity contribution in [2.24, 2.45) is 50.2 Å². The molecule has 0 amide bonds. The van der Waals surface area contributed by atoms with Gasteiger partial charge in [0.25, 0.3) is 0 Å². The van der Waals surface area contributed by atoms with E-state index in [4.69, 9.17) is 0 Å². The summed E-state index contributed by atoms with van der Waals surface area (Å²) in [7, 11) is 0. The van der Waals surface area contributed by atoms with Crippen molar-refractivity contribution in [3.05, 3.63) is 11.6 Å². The second-order valence-corrected chi connectivity index (χ2v) is 15.3. The maximum absolute atomic E-state index is 11.0. The van der Waals surface area contributed by atoms with Crippen LogP contribution < -0.4 is 0 Å². The lowest BCUT2D eigenvalue weighted by Gasteiger charge is -2.72. The summed E-state index contributed by atoms with van der Waals surface area (Å²) in [4.78, 5) is 0. The van der Waals surface area contributed by atoms with Crippen LogP contribution in [0, 0.1) is 50.2 Å². The first-order chi connectivity index (χ1) is 14.6. The molecule has 0 bridgehead atoms. The number of hydrogen-bond donors (Lipinski definition) is 2. The summed E-state index contributed by atoms with van der Waals surface area (Å²) in [6.45, 7) is 19.7. The minimum Gasteiger partial charge on any atom is -0.390 e. The molecule has 182 valence electrons. The van der Waals surface area contributed by atoms with E-state index >= 15 is 0 Å². The topological polar surface area (TPSA) is 40.5 Å². The van der Waals surface area contributed by atoms with Crippen molar-refractivity contribution in [1.29, 1.82) is 0 Å². The zero-order chi connectivity index (χ0) is 23.5. The number of fused-ring (bicyclic) bond motifs is 7. The summed E-state index contributed by atoms with van der Waals surface area (Å²) >= 11 is 0. The second-order valence-electron chi connectivity index (χ2n) is 15.3. The Balaban J connectivity index is 1.57. The van der Waals surface area contributed by atoms with Gasteiger partial charge in [-0.15, -0.1) is 0 Å². The highest BCUT2D eigenvalue weighted by Gasteiger charge is 2.69. The summed E-state index contributed by atoms with van der Waals surface area (Å²) in [5.74, 6) is 1.85. The molecule has 0 radical (unpaired) electrons. The molecule has 9 atom stereocenters. The Labute approximate surface area is 197 Å². The zero-order valence-corrected chi connectivity index (χ0v) is 22.2. The molecule has 0 spiro atoms. The summed E-state index contributed by atoms with van der Waals surface area (Å²) in [5.41, 5.74) is 3.11. The van der Waals surface area contributed by atoms with Crippen molar-refractivity contribution in [3.63, 3.8) is 0 Å². The minimum atomic E-state index is -0.595. The molecule has 2 heteroatoms. The lowest BCUT2D eigenvalue weighted by molar-refractivity contribution is -0.250. The molecule has 4 fully saturated rings. The predicted octanol–water partition coefficient (Wildman–Crippen LogP) is 7.14. The van der Waals surface area contributed by atoms with Gasteiger partial charge in [0.15, 0.2) is 0 Å². The van der Waals surface area contributed by atoms with Crippen molar-refractivity contribution in [1.82, 2.24) is 0 Å². The van der Waals surface area contributed by atoms with Gasteiger partial charge in [0.1, 0.15) is 0 Å². The molecule has 0 heterocycles. The molecule has 5 aliphatic carbocycles. The summed E-state index contributed by atoms with van der Waals surface area (Å²) < 4.78 is 0. The van der Waals surface area contributed by atoms with Gasteiger partial charge >= 0.3 is 0 Å². The van der Waals surface area contributed by atoms with E-state index in [1.165, 1.54) is 51.4 Å². The molecular formula is C30H50O2. The molecule has 32 heavy (non-hydrogen) atoms. The molecular weight excluding hydrogens is 392 g/mol. The SMILES string of the molecule is CC1(C)C=C2[C@H]3CC[C@@H]4[C@@]5(C)C[C@@H](O)[C@@H](O)C(C)(C)[C@@H]5CC[C@@]4(C)[C@]3(C)CC[C@@]2(C)CC1. The van der Waals surface area contributed by atoms with Gasteiger partial charge in [-0.05, 0) is 108 Å². The first-order valence-electron chi connectivity index (χ1n) is 13.7. The van der Waals surface area contributed by atoms with Gasteiger partial charge in [-0.25, -0.2) is 0 Å². The van der Waals surface area contributed by atoms with Crippen LogP contribution in [-0.4, -0.2) is 22.4 Å². The lowest BCUT2D eigenvalue weighted by atomic mass is 9.32. The highest BCUT2D eigenvalue weighted by Crippen LogP contribution is 2.76. The summed E-state index contributed by atoms with van der Waals surface area (Å²) in [6.07, 6.45) is 12.8. The van der Waals surface area contributed by atoms with Crippen molar-refractivity contribution in [3.8, 4) is 0 Å². The van der Waals surface area contributed by atoms with Crippen LogP contribution in [0.25, 0.3) is 0 Å². The van der Waals surface area contributed by atoms with Crippen LogP contribution in [0.5, 0.6) is 0 Å². The fourth-order valence-corrected chi connectivity index (χ4v) is 10.8. The zero-order valence-electron chi connectivity index (χ0n) is 22.2. The molecule has 0 aromatic carbocycles. The smallest absolute Gasteiger partial charge is 0.0852 e. The van der Waals surface area contributed by atoms with E-state index in [1.807, 2.05) is 5.57 Å². The van der Waals surface area contributed by atoms with Crippen LogP contribution in [0.3, 0.4) is 0 Å². The van der Waals surface area contributed by atoms with Crippen molar-refractivity contribution >= 4 is 0 Å². The number of allylic oxidation sites excluding steroid dienone is 2. The van der Waals surface area contributed by atoms with E-state index in [-0.39, 0.29) is 10.8 Å². The summed E-state index contributed by atoms with van der Waals surface area (Å²) in [5, 5.41) is 21.9. The second kappa shape index (κ2) is 6.66. The van der Waals surface area contributed by atoms with Gasteiger partial charge in [-0.2, -0.15) is 0 Å². The number of hydrogen-bond acceptors (Lipinski definition) is 2. The van der Waals surface area contributed by atoms with Crippen molar-refractivity contribution in [2.45, 2.75) is 125 Å². The predicted molar refractivity (Wildman–Crippen MR) is 132 cm³/mol. The van der Waals surface area contributed by atoms with Crippen molar-refractivity contribution in [2.75, 3.05) is 0 Å². The standard InChI is InChI=1S/C30H50O2/c1-25(2)13-14-27(5)15-16-29(7)19(20(27)17-25)9-10-23-28(6)18-21(31)24(32)26(3,4)22(28)11-12-30(23,29)8/h17,19,21-24,31-32H,9-16,18H2,1-8H3/t19-,21-,22+,23-,24-,27-,28+,29-,30-/m1/s1. The lowest BCUT2D eigenvalue weighted by Crippen LogP contribution is -2.67. The third-order valence-electron chi connectivity index (χ3n) is 12.9. The minimum absolute atomic E-state index is 0.115. The van der Waals surface area contributed by atoms with Crippen LogP contribution in [0.2, 0.25) is 0 Å². The Bertz CT molecular complexity index is 825. The van der Waals surface area contributed by atoms with Crippen LogP contribution in [0.15, 0.2) is 11.6 Å². The summed E-state index contributed by atoms with van der Waals surface area (Å²) in [6, 6.07) is 0. The number of aliphatic hydroxyl groups excluding tert-OH is 2. The fourth-order valence-electron chi connectivity index (χ4n) is 10.8. The van der Waals surface area contributed by atoms with Gasteiger partial charge in [0, 0.05) is 0 Å². The largest absolute Gasteiger partial charge is 0.390 e. The first-order valence-corrected chi connectivity index (χ1v) is 13.7. The van der Waals surface area contributed by atoms with E-state index in [0.717, 1.165) is 6.42 Å². The Morgan fingerprint density at radius 1 is 0.719 bits per heavy atom. The average molecular weight is 443 g/mol. The molecule has 5 rings (SSSR count). The Morgan fingerprint density at radius 3 is 2.06 bits per heavy atom. The Hall–Kier alpha value is -0.340. The first kappa shape index (κ1) is 23.4. The number of rotatable bonds is 0. The van der Waals surface area contributed by atoms with E-state index in [1.54, 1.807) is 0 Å². The molecule has 2 N–H and O–H groups in total. The maximum atomic E-state index is 11.0.